The van der Waals surface area contributed by atoms with Gasteiger partial charge in [0, 0.05) is 23.7 Å². The van der Waals surface area contributed by atoms with E-state index in [1.807, 2.05) is 19.2 Å². The average molecular weight is 260 g/mol. The molecule has 0 amide bonds. The van der Waals surface area contributed by atoms with E-state index in [9.17, 15) is 4.79 Å². The van der Waals surface area contributed by atoms with Crippen LogP contribution in [0.25, 0.3) is 0 Å². The number of hydrogen-bond donors (Lipinski definition) is 0. The number of hydrogen-bond acceptors (Lipinski definition) is 4. The molecule has 0 aliphatic heterocycles. The standard InChI is InChI=1S/C14H16N2OS/c1-10(13-5-4-8-18-13)16(3)14-7-6-12(9-15-14)11(2)17/h4-10H,1-3H3. The fraction of sp³-hybridized carbons (Fsp3) is 0.286. The number of Topliss-reactive ketones (excluding diaryl/α,β-unsaturated/α-hetero) is 1. The van der Waals surface area contributed by atoms with E-state index in [1.54, 1.807) is 24.5 Å². The summed E-state index contributed by atoms with van der Waals surface area (Å²) in [5.74, 6) is 0.920. The minimum absolute atomic E-state index is 0.0445. The van der Waals surface area contributed by atoms with Gasteiger partial charge in [-0.05, 0) is 37.4 Å². The van der Waals surface area contributed by atoms with Crippen molar-refractivity contribution < 1.29 is 4.79 Å². The molecule has 0 aliphatic carbocycles. The average Bonchev–Trinajstić information content (AvgIpc) is 2.91. The van der Waals surface area contributed by atoms with E-state index < -0.39 is 0 Å². The molecule has 2 aromatic rings. The molecule has 0 radical (unpaired) electrons. The van der Waals surface area contributed by atoms with Gasteiger partial charge in [0.1, 0.15) is 5.82 Å². The molecule has 2 heterocycles. The third kappa shape index (κ3) is 2.59. The van der Waals surface area contributed by atoms with Gasteiger partial charge in [0.2, 0.25) is 0 Å². The lowest BCUT2D eigenvalue weighted by molar-refractivity contribution is 0.101. The zero-order valence-electron chi connectivity index (χ0n) is 10.8. The lowest BCUT2D eigenvalue weighted by Gasteiger charge is -2.25. The van der Waals surface area contributed by atoms with Gasteiger partial charge in [-0.15, -0.1) is 11.3 Å². The van der Waals surface area contributed by atoms with Crippen molar-refractivity contribution in [3.05, 3.63) is 46.3 Å². The molecule has 2 rings (SSSR count). The summed E-state index contributed by atoms with van der Waals surface area (Å²) in [6.45, 7) is 3.70. The van der Waals surface area contributed by atoms with Crippen molar-refractivity contribution in [2.24, 2.45) is 0 Å². The Labute approximate surface area is 111 Å². The number of thiophene rings is 1. The number of aromatic nitrogens is 1. The maximum atomic E-state index is 11.2. The Morgan fingerprint density at radius 2 is 2.17 bits per heavy atom. The summed E-state index contributed by atoms with van der Waals surface area (Å²) in [7, 11) is 2.01. The smallest absolute Gasteiger partial charge is 0.161 e. The number of carbonyl (C=O) groups excluding carboxylic acids is 1. The summed E-state index contributed by atoms with van der Waals surface area (Å²) < 4.78 is 0. The molecule has 0 N–H and O–H groups in total. The number of nitrogens with zero attached hydrogens (tertiary/aromatic N) is 2. The van der Waals surface area contributed by atoms with E-state index in [-0.39, 0.29) is 11.8 Å². The molecule has 18 heavy (non-hydrogen) atoms. The highest BCUT2D eigenvalue weighted by Gasteiger charge is 2.14. The molecule has 0 saturated heterocycles. The van der Waals surface area contributed by atoms with E-state index in [4.69, 9.17) is 0 Å². The van der Waals surface area contributed by atoms with Crippen molar-refractivity contribution in [1.82, 2.24) is 4.98 Å². The van der Waals surface area contributed by atoms with Gasteiger partial charge in [-0.2, -0.15) is 0 Å². The second-order valence-corrected chi connectivity index (χ2v) is 5.24. The van der Waals surface area contributed by atoms with Crippen LogP contribution in [0.3, 0.4) is 0 Å². The summed E-state index contributed by atoms with van der Waals surface area (Å²) in [4.78, 5) is 18.9. The fourth-order valence-corrected chi connectivity index (χ4v) is 2.55. The number of ketones is 1. The Hall–Kier alpha value is -1.68. The van der Waals surface area contributed by atoms with Gasteiger partial charge in [-0.25, -0.2) is 4.98 Å². The molecule has 0 bridgehead atoms. The van der Waals surface area contributed by atoms with Crippen molar-refractivity contribution in [2.75, 3.05) is 11.9 Å². The molecule has 94 valence electrons. The van der Waals surface area contributed by atoms with Crippen molar-refractivity contribution >= 4 is 22.9 Å². The highest BCUT2D eigenvalue weighted by Crippen LogP contribution is 2.26. The monoisotopic (exact) mass is 260 g/mol. The molecule has 2 aromatic heterocycles. The van der Waals surface area contributed by atoms with E-state index in [0.717, 1.165) is 5.82 Å². The predicted octanol–water partition coefficient (Wildman–Crippen LogP) is 3.54. The fourth-order valence-electron chi connectivity index (χ4n) is 1.72. The SMILES string of the molecule is CC(=O)c1ccc(N(C)C(C)c2cccs2)nc1. The third-order valence-corrected chi connectivity index (χ3v) is 4.09. The zero-order chi connectivity index (χ0) is 13.1. The van der Waals surface area contributed by atoms with Crippen molar-refractivity contribution in [3.63, 3.8) is 0 Å². The normalized spacial score (nSPS) is 12.2. The first-order valence-electron chi connectivity index (χ1n) is 5.83. The highest BCUT2D eigenvalue weighted by atomic mass is 32.1. The molecule has 4 heteroatoms. The number of rotatable bonds is 4. The molecule has 3 nitrogen and oxygen atoms in total. The minimum atomic E-state index is 0.0445. The first-order chi connectivity index (χ1) is 8.59. The Balaban J connectivity index is 2.18. The zero-order valence-corrected chi connectivity index (χ0v) is 11.6. The summed E-state index contributed by atoms with van der Waals surface area (Å²) in [6.07, 6.45) is 1.63. The van der Waals surface area contributed by atoms with Crippen LogP contribution < -0.4 is 4.90 Å². The van der Waals surface area contributed by atoms with Gasteiger partial charge in [0.05, 0.1) is 6.04 Å². The van der Waals surface area contributed by atoms with Crippen LogP contribution in [0.15, 0.2) is 35.8 Å². The van der Waals surface area contributed by atoms with Crippen LogP contribution in [0, 0.1) is 0 Å². The highest BCUT2D eigenvalue weighted by molar-refractivity contribution is 7.10. The van der Waals surface area contributed by atoms with Crippen LogP contribution in [0.4, 0.5) is 5.82 Å². The second-order valence-electron chi connectivity index (χ2n) is 4.26. The Morgan fingerprint density at radius 1 is 1.39 bits per heavy atom. The summed E-state index contributed by atoms with van der Waals surface area (Å²) in [5, 5.41) is 2.08. The van der Waals surface area contributed by atoms with Gasteiger partial charge in [-0.3, -0.25) is 4.79 Å². The summed E-state index contributed by atoms with van der Waals surface area (Å²) >= 11 is 1.74. The Morgan fingerprint density at radius 3 is 2.67 bits per heavy atom. The lowest BCUT2D eigenvalue weighted by atomic mass is 10.2. The van der Waals surface area contributed by atoms with Crippen LogP contribution in [0.2, 0.25) is 0 Å². The Kier molecular flexibility index (Phi) is 3.77. The van der Waals surface area contributed by atoms with Gasteiger partial charge < -0.3 is 4.90 Å². The maximum Gasteiger partial charge on any atom is 0.161 e. The van der Waals surface area contributed by atoms with E-state index in [2.05, 4.69) is 34.3 Å². The molecule has 1 atom stereocenters. The van der Waals surface area contributed by atoms with E-state index in [1.165, 1.54) is 4.88 Å². The first kappa shape index (κ1) is 12.8. The molecule has 0 aliphatic rings. The van der Waals surface area contributed by atoms with Crippen molar-refractivity contribution in [3.8, 4) is 0 Å². The van der Waals surface area contributed by atoms with E-state index >= 15 is 0 Å². The predicted molar refractivity (Wildman–Crippen MR) is 75.4 cm³/mol. The topological polar surface area (TPSA) is 33.2 Å². The number of anilines is 1. The van der Waals surface area contributed by atoms with Gasteiger partial charge in [-0.1, -0.05) is 6.07 Å². The molecule has 1 unspecified atom stereocenters. The van der Waals surface area contributed by atoms with Crippen LogP contribution >= 0.6 is 11.3 Å². The van der Waals surface area contributed by atoms with Crippen molar-refractivity contribution in [1.29, 1.82) is 0 Å². The molecule has 0 spiro atoms. The molecular weight excluding hydrogens is 244 g/mol. The van der Waals surface area contributed by atoms with Gasteiger partial charge in [0.15, 0.2) is 5.78 Å². The van der Waals surface area contributed by atoms with Gasteiger partial charge in [0.25, 0.3) is 0 Å². The molecular formula is C14H16N2OS. The van der Waals surface area contributed by atoms with Gasteiger partial charge >= 0.3 is 0 Å². The van der Waals surface area contributed by atoms with Crippen molar-refractivity contribution in [2.45, 2.75) is 19.9 Å². The third-order valence-electron chi connectivity index (χ3n) is 3.05. The summed E-state index contributed by atoms with van der Waals surface area (Å²) in [6, 6.07) is 8.16. The second kappa shape index (κ2) is 5.31. The molecule has 0 fully saturated rings. The molecule has 0 aromatic carbocycles. The molecule has 0 saturated carbocycles. The Bertz CT molecular complexity index is 519. The maximum absolute atomic E-state index is 11.2. The van der Waals surface area contributed by atoms with Crippen LogP contribution in [-0.4, -0.2) is 17.8 Å². The lowest BCUT2D eigenvalue weighted by Crippen LogP contribution is -2.21. The van der Waals surface area contributed by atoms with Crippen LogP contribution in [-0.2, 0) is 0 Å². The first-order valence-corrected chi connectivity index (χ1v) is 6.71. The number of pyridine rings is 1. The van der Waals surface area contributed by atoms with E-state index in [0.29, 0.717) is 5.56 Å². The number of carbonyl (C=O) groups is 1. The van der Waals surface area contributed by atoms with Crippen LogP contribution in [0.1, 0.15) is 35.1 Å². The summed E-state index contributed by atoms with van der Waals surface area (Å²) in [5.41, 5.74) is 0.649. The largest absolute Gasteiger partial charge is 0.352 e. The van der Waals surface area contributed by atoms with Crippen LogP contribution in [0.5, 0.6) is 0 Å². The quantitative estimate of drug-likeness (QED) is 0.788. The minimum Gasteiger partial charge on any atom is -0.352 e.